The Bertz CT molecular complexity index is 211. The van der Waals surface area contributed by atoms with E-state index in [0.29, 0.717) is 6.54 Å². The fourth-order valence-electron chi connectivity index (χ4n) is 1.91. The number of rotatable bonds is 3. The standard InChI is InChI=1S/C10H21N3O2/c1-12-4-3-5-13(7-6-12)9(8-11)10(14)15-2/h9H,3-8,11H2,1-2H3. The van der Waals surface area contributed by atoms with Gasteiger partial charge >= 0.3 is 5.97 Å². The Labute approximate surface area is 91.2 Å². The van der Waals surface area contributed by atoms with E-state index in [1.54, 1.807) is 0 Å². The number of nitrogens with zero attached hydrogens (tertiary/aromatic N) is 2. The second kappa shape index (κ2) is 6.05. The van der Waals surface area contributed by atoms with Crippen LogP contribution >= 0.6 is 0 Å². The van der Waals surface area contributed by atoms with Gasteiger partial charge in [-0.05, 0) is 20.0 Å². The first-order valence-electron chi connectivity index (χ1n) is 5.39. The van der Waals surface area contributed by atoms with Gasteiger partial charge in [0.05, 0.1) is 7.11 Å². The van der Waals surface area contributed by atoms with Crippen LogP contribution in [-0.4, -0.2) is 68.7 Å². The van der Waals surface area contributed by atoms with Crippen LogP contribution < -0.4 is 5.73 Å². The molecule has 88 valence electrons. The molecule has 0 amide bonds. The van der Waals surface area contributed by atoms with E-state index < -0.39 is 0 Å². The zero-order valence-electron chi connectivity index (χ0n) is 9.61. The molecule has 15 heavy (non-hydrogen) atoms. The Morgan fingerprint density at radius 2 is 2.13 bits per heavy atom. The van der Waals surface area contributed by atoms with Gasteiger partial charge in [0.25, 0.3) is 0 Å². The third-order valence-corrected chi connectivity index (χ3v) is 2.89. The lowest BCUT2D eigenvalue weighted by molar-refractivity contribution is -0.146. The van der Waals surface area contributed by atoms with Gasteiger partial charge in [0.2, 0.25) is 0 Å². The maximum atomic E-state index is 11.5. The minimum atomic E-state index is -0.276. The molecule has 1 rings (SSSR count). The highest BCUT2D eigenvalue weighted by Crippen LogP contribution is 2.06. The lowest BCUT2D eigenvalue weighted by Gasteiger charge is -2.27. The minimum Gasteiger partial charge on any atom is -0.468 e. The van der Waals surface area contributed by atoms with E-state index in [1.807, 2.05) is 0 Å². The van der Waals surface area contributed by atoms with E-state index in [0.717, 1.165) is 32.6 Å². The maximum absolute atomic E-state index is 11.5. The van der Waals surface area contributed by atoms with Crippen LogP contribution in [-0.2, 0) is 9.53 Å². The molecule has 0 bridgehead atoms. The van der Waals surface area contributed by atoms with Gasteiger partial charge < -0.3 is 15.4 Å². The molecule has 1 fully saturated rings. The maximum Gasteiger partial charge on any atom is 0.324 e. The van der Waals surface area contributed by atoms with E-state index in [2.05, 4.69) is 16.8 Å². The summed E-state index contributed by atoms with van der Waals surface area (Å²) < 4.78 is 4.75. The van der Waals surface area contributed by atoms with Gasteiger partial charge in [-0.1, -0.05) is 0 Å². The molecule has 0 aliphatic carbocycles. The predicted octanol–water partition coefficient (Wildman–Crippen LogP) is -0.876. The number of methoxy groups -OCH3 is 1. The quantitative estimate of drug-likeness (QED) is 0.620. The number of carbonyl (C=O) groups excluding carboxylic acids is 1. The molecular weight excluding hydrogens is 194 g/mol. The van der Waals surface area contributed by atoms with Crippen molar-refractivity contribution in [3.05, 3.63) is 0 Å². The average molecular weight is 215 g/mol. The summed E-state index contributed by atoms with van der Waals surface area (Å²) in [7, 11) is 3.51. The zero-order valence-corrected chi connectivity index (χ0v) is 9.61. The molecule has 0 aromatic carbocycles. The molecule has 1 aliphatic rings. The normalized spacial score (nSPS) is 22.1. The van der Waals surface area contributed by atoms with Crippen molar-refractivity contribution in [1.29, 1.82) is 0 Å². The highest BCUT2D eigenvalue weighted by Gasteiger charge is 2.26. The Morgan fingerprint density at radius 1 is 1.40 bits per heavy atom. The fourth-order valence-corrected chi connectivity index (χ4v) is 1.91. The number of carbonyl (C=O) groups is 1. The molecule has 1 unspecified atom stereocenters. The molecule has 0 aromatic rings. The molecule has 0 spiro atoms. The molecule has 0 radical (unpaired) electrons. The van der Waals surface area contributed by atoms with Crippen LogP contribution in [0.5, 0.6) is 0 Å². The summed E-state index contributed by atoms with van der Waals surface area (Å²) in [5.74, 6) is -0.220. The van der Waals surface area contributed by atoms with Crippen molar-refractivity contribution in [1.82, 2.24) is 9.80 Å². The molecule has 1 aliphatic heterocycles. The van der Waals surface area contributed by atoms with E-state index in [-0.39, 0.29) is 12.0 Å². The summed E-state index contributed by atoms with van der Waals surface area (Å²) in [4.78, 5) is 15.9. The van der Waals surface area contributed by atoms with Crippen LogP contribution in [0.25, 0.3) is 0 Å². The summed E-state index contributed by atoms with van der Waals surface area (Å²) in [5.41, 5.74) is 5.61. The molecule has 0 saturated carbocycles. The molecule has 1 atom stereocenters. The number of hydrogen-bond donors (Lipinski definition) is 1. The van der Waals surface area contributed by atoms with Crippen LogP contribution in [0.3, 0.4) is 0 Å². The van der Waals surface area contributed by atoms with Crippen LogP contribution in [0.1, 0.15) is 6.42 Å². The lowest BCUT2D eigenvalue weighted by atomic mass is 10.2. The topological polar surface area (TPSA) is 58.8 Å². The zero-order chi connectivity index (χ0) is 11.3. The van der Waals surface area contributed by atoms with Gasteiger partial charge in [0.1, 0.15) is 6.04 Å². The van der Waals surface area contributed by atoms with Gasteiger partial charge in [0, 0.05) is 26.2 Å². The number of hydrogen-bond acceptors (Lipinski definition) is 5. The van der Waals surface area contributed by atoms with Crippen LogP contribution in [0.15, 0.2) is 0 Å². The number of esters is 1. The number of likely N-dealkylation sites (N-methyl/N-ethyl adjacent to an activating group) is 1. The second-order valence-corrected chi connectivity index (χ2v) is 3.97. The van der Waals surface area contributed by atoms with Crippen molar-refractivity contribution < 1.29 is 9.53 Å². The van der Waals surface area contributed by atoms with Gasteiger partial charge in [0.15, 0.2) is 0 Å². The number of nitrogens with two attached hydrogens (primary N) is 1. The number of ether oxygens (including phenoxy) is 1. The summed E-state index contributed by atoms with van der Waals surface area (Å²) in [6.45, 7) is 4.19. The van der Waals surface area contributed by atoms with Crippen molar-refractivity contribution in [2.24, 2.45) is 5.73 Å². The van der Waals surface area contributed by atoms with Gasteiger partial charge in [-0.15, -0.1) is 0 Å². The Morgan fingerprint density at radius 3 is 2.73 bits per heavy atom. The first-order chi connectivity index (χ1) is 7.19. The predicted molar refractivity (Wildman–Crippen MR) is 58.5 cm³/mol. The lowest BCUT2D eigenvalue weighted by Crippen LogP contribution is -2.48. The second-order valence-electron chi connectivity index (χ2n) is 3.97. The molecule has 0 aromatic heterocycles. The van der Waals surface area contributed by atoms with Crippen molar-refractivity contribution in [2.75, 3.05) is 46.9 Å². The summed E-state index contributed by atoms with van der Waals surface area (Å²) in [5, 5.41) is 0. The third kappa shape index (κ3) is 3.44. The molecule has 1 heterocycles. The molecule has 2 N–H and O–H groups in total. The van der Waals surface area contributed by atoms with E-state index in [9.17, 15) is 4.79 Å². The summed E-state index contributed by atoms with van der Waals surface area (Å²) >= 11 is 0. The molecule has 5 heteroatoms. The van der Waals surface area contributed by atoms with Gasteiger partial charge in [-0.3, -0.25) is 9.69 Å². The molecular formula is C10H21N3O2. The van der Waals surface area contributed by atoms with Gasteiger partial charge in [-0.25, -0.2) is 0 Å². The van der Waals surface area contributed by atoms with E-state index in [1.165, 1.54) is 7.11 Å². The molecule has 1 saturated heterocycles. The minimum absolute atomic E-state index is 0.220. The van der Waals surface area contributed by atoms with Crippen molar-refractivity contribution in [3.63, 3.8) is 0 Å². The average Bonchev–Trinajstić information content (AvgIpc) is 2.45. The Hall–Kier alpha value is -0.650. The van der Waals surface area contributed by atoms with Crippen LogP contribution in [0.4, 0.5) is 0 Å². The molecule has 5 nitrogen and oxygen atoms in total. The Kier molecular flexibility index (Phi) is 5.01. The SMILES string of the molecule is COC(=O)C(CN)N1CCCN(C)CC1. The Balaban J connectivity index is 2.55. The monoisotopic (exact) mass is 215 g/mol. The first-order valence-corrected chi connectivity index (χ1v) is 5.39. The highest BCUT2D eigenvalue weighted by atomic mass is 16.5. The van der Waals surface area contributed by atoms with Crippen molar-refractivity contribution >= 4 is 5.97 Å². The summed E-state index contributed by atoms with van der Waals surface area (Å²) in [6, 6.07) is -0.276. The smallest absolute Gasteiger partial charge is 0.324 e. The van der Waals surface area contributed by atoms with Crippen LogP contribution in [0, 0.1) is 0 Å². The third-order valence-electron chi connectivity index (χ3n) is 2.89. The van der Waals surface area contributed by atoms with E-state index in [4.69, 9.17) is 10.5 Å². The van der Waals surface area contributed by atoms with E-state index >= 15 is 0 Å². The van der Waals surface area contributed by atoms with Gasteiger partial charge in [-0.2, -0.15) is 0 Å². The summed E-state index contributed by atoms with van der Waals surface area (Å²) in [6.07, 6.45) is 1.07. The van der Waals surface area contributed by atoms with Crippen LogP contribution in [0.2, 0.25) is 0 Å². The fraction of sp³-hybridized carbons (Fsp3) is 0.900. The van der Waals surface area contributed by atoms with Crippen molar-refractivity contribution in [3.8, 4) is 0 Å². The first kappa shape index (κ1) is 12.4. The highest BCUT2D eigenvalue weighted by molar-refractivity contribution is 5.75. The largest absolute Gasteiger partial charge is 0.468 e. The van der Waals surface area contributed by atoms with Crippen molar-refractivity contribution in [2.45, 2.75) is 12.5 Å².